The van der Waals surface area contributed by atoms with E-state index in [-0.39, 0.29) is 5.56 Å². The summed E-state index contributed by atoms with van der Waals surface area (Å²) in [7, 11) is 3.06. The second-order valence-corrected chi connectivity index (χ2v) is 4.58. The van der Waals surface area contributed by atoms with Crippen molar-refractivity contribution in [3.8, 4) is 0 Å². The minimum atomic E-state index is -4.97. The van der Waals surface area contributed by atoms with Crippen LogP contribution in [-0.4, -0.2) is 28.8 Å². The maximum atomic E-state index is 12.9. The molecular weight excluding hydrogens is 295 g/mol. The van der Waals surface area contributed by atoms with Gasteiger partial charge < -0.3 is 4.90 Å². The van der Waals surface area contributed by atoms with Crippen LogP contribution in [0.4, 0.5) is 24.5 Å². The summed E-state index contributed by atoms with van der Waals surface area (Å²) in [6.07, 6.45) is -4.97. The summed E-state index contributed by atoms with van der Waals surface area (Å²) in [5.41, 5.74) is -3.77. The van der Waals surface area contributed by atoms with Crippen molar-refractivity contribution in [2.24, 2.45) is 0 Å². The van der Waals surface area contributed by atoms with Crippen LogP contribution in [-0.2, 0) is 6.18 Å². The van der Waals surface area contributed by atoms with E-state index in [1.807, 2.05) is 0 Å². The molecule has 116 valence electrons. The molecule has 0 spiro atoms. The fourth-order valence-electron chi connectivity index (χ4n) is 1.74. The number of halogens is 3. The lowest BCUT2D eigenvalue weighted by Crippen LogP contribution is -2.19. The Morgan fingerprint density at radius 1 is 1.10 bits per heavy atom. The monoisotopic (exact) mass is 307 g/mol. The molecule has 7 nitrogen and oxygen atoms in total. The van der Waals surface area contributed by atoms with Gasteiger partial charge >= 0.3 is 6.18 Å². The van der Waals surface area contributed by atoms with E-state index in [0.29, 0.717) is 12.1 Å². The maximum Gasteiger partial charge on any atom is 0.423 e. The van der Waals surface area contributed by atoms with E-state index in [4.69, 9.17) is 0 Å². The lowest BCUT2D eigenvalue weighted by molar-refractivity contribution is -0.396. The lowest BCUT2D eigenvalue weighted by Gasteiger charge is -2.21. The maximum absolute atomic E-state index is 12.9. The molecule has 1 rings (SSSR count). The predicted octanol–water partition coefficient (Wildman–Crippen LogP) is 3.14. The quantitative estimate of drug-likeness (QED) is 0.629. The van der Waals surface area contributed by atoms with Gasteiger partial charge in [0.1, 0.15) is 5.56 Å². The first-order valence-corrected chi connectivity index (χ1v) is 5.67. The molecule has 0 saturated heterocycles. The summed E-state index contributed by atoms with van der Waals surface area (Å²) in [4.78, 5) is 21.0. The Balaban J connectivity index is 3.71. The lowest BCUT2D eigenvalue weighted by atomic mass is 10.00. The highest BCUT2D eigenvalue weighted by atomic mass is 19.4. The molecule has 0 heterocycles. The number of benzene rings is 1. The van der Waals surface area contributed by atoms with Crippen molar-refractivity contribution in [1.29, 1.82) is 0 Å². The van der Waals surface area contributed by atoms with E-state index in [2.05, 4.69) is 0 Å². The highest BCUT2D eigenvalue weighted by Crippen LogP contribution is 2.41. The molecule has 1 atom stereocenters. The molecule has 0 saturated carbocycles. The van der Waals surface area contributed by atoms with Crippen LogP contribution in [0.15, 0.2) is 12.1 Å². The summed E-state index contributed by atoms with van der Waals surface area (Å²) < 4.78 is 38.7. The summed E-state index contributed by atoms with van der Waals surface area (Å²) in [6, 6.07) is 0.117. The summed E-state index contributed by atoms with van der Waals surface area (Å²) in [6.45, 7) is 1.47. The number of hydrogen-bond donors (Lipinski definition) is 0. The van der Waals surface area contributed by atoms with Gasteiger partial charge in [0.15, 0.2) is 0 Å². The minimum absolute atomic E-state index is 0.233. The first-order valence-electron chi connectivity index (χ1n) is 5.67. The molecular formula is C11H12F3N3O4. The van der Waals surface area contributed by atoms with Gasteiger partial charge in [-0.1, -0.05) is 0 Å². The predicted molar refractivity (Wildman–Crippen MR) is 66.9 cm³/mol. The van der Waals surface area contributed by atoms with Crippen molar-refractivity contribution in [3.63, 3.8) is 0 Å². The number of hydrogen-bond acceptors (Lipinski definition) is 5. The fourth-order valence-corrected chi connectivity index (χ4v) is 1.74. The Bertz CT molecular complexity index is 587. The smallest absolute Gasteiger partial charge is 0.302 e. The standard InChI is InChI=1S/C11H12F3N3O4/c1-6(15(2)3)7-4-8(11(12,13)14)10(17(20)21)5-9(7)16(18)19/h4-6H,1-3H3. The van der Waals surface area contributed by atoms with Gasteiger partial charge in [0.05, 0.1) is 15.9 Å². The minimum Gasteiger partial charge on any atom is -0.302 e. The molecule has 0 aliphatic carbocycles. The van der Waals surface area contributed by atoms with Crippen molar-refractivity contribution < 1.29 is 23.0 Å². The van der Waals surface area contributed by atoms with Crippen LogP contribution in [0.1, 0.15) is 24.1 Å². The van der Waals surface area contributed by atoms with Gasteiger partial charge in [0, 0.05) is 11.6 Å². The molecule has 0 fully saturated rings. The number of rotatable bonds is 4. The third-order valence-corrected chi connectivity index (χ3v) is 3.07. The zero-order valence-corrected chi connectivity index (χ0v) is 11.3. The van der Waals surface area contributed by atoms with E-state index in [0.717, 1.165) is 0 Å². The Morgan fingerprint density at radius 2 is 1.57 bits per heavy atom. The van der Waals surface area contributed by atoms with Crippen LogP contribution in [0, 0.1) is 20.2 Å². The number of nitro groups is 2. The third-order valence-electron chi connectivity index (χ3n) is 3.07. The highest BCUT2D eigenvalue weighted by molar-refractivity contribution is 5.56. The summed E-state index contributed by atoms with van der Waals surface area (Å²) >= 11 is 0. The molecule has 10 heteroatoms. The molecule has 1 unspecified atom stereocenters. The van der Waals surface area contributed by atoms with Crippen molar-refractivity contribution >= 4 is 11.4 Å². The zero-order valence-electron chi connectivity index (χ0n) is 11.3. The van der Waals surface area contributed by atoms with Crippen LogP contribution in [0.3, 0.4) is 0 Å². The number of alkyl halides is 3. The second-order valence-electron chi connectivity index (χ2n) is 4.58. The van der Waals surface area contributed by atoms with Crippen LogP contribution in [0.2, 0.25) is 0 Å². The average Bonchev–Trinajstić information content (AvgIpc) is 2.34. The third kappa shape index (κ3) is 3.45. The van der Waals surface area contributed by atoms with E-state index in [9.17, 15) is 33.4 Å². The molecule has 0 N–H and O–H groups in total. The van der Waals surface area contributed by atoms with Gasteiger partial charge in [-0.3, -0.25) is 20.2 Å². The fraction of sp³-hybridized carbons (Fsp3) is 0.455. The van der Waals surface area contributed by atoms with Crippen molar-refractivity contribution in [2.75, 3.05) is 14.1 Å². The van der Waals surface area contributed by atoms with Gasteiger partial charge in [0.2, 0.25) is 0 Å². The van der Waals surface area contributed by atoms with Crippen LogP contribution >= 0.6 is 0 Å². The Hall–Kier alpha value is -2.23. The van der Waals surface area contributed by atoms with Gasteiger partial charge in [0.25, 0.3) is 11.4 Å². The topological polar surface area (TPSA) is 89.5 Å². The number of nitro benzene ring substituents is 2. The Labute approximate surface area is 117 Å². The summed E-state index contributed by atoms with van der Waals surface area (Å²) in [5.74, 6) is 0. The van der Waals surface area contributed by atoms with Crippen molar-refractivity contribution in [3.05, 3.63) is 43.5 Å². The van der Waals surface area contributed by atoms with Gasteiger partial charge in [-0.15, -0.1) is 0 Å². The molecule has 1 aromatic carbocycles. The molecule has 1 aromatic rings. The molecule has 0 bridgehead atoms. The van der Waals surface area contributed by atoms with Crippen molar-refractivity contribution in [2.45, 2.75) is 19.1 Å². The normalized spacial score (nSPS) is 13.3. The average molecular weight is 307 g/mol. The Morgan fingerprint density at radius 3 is 1.90 bits per heavy atom. The zero-order chi connectivity index (χ0) is 16.5. The molecule has 0 amide bonds. The largest absolute Gasteiger partial charge is 0.423 e. The van der Waals surface area contributed by atoms with Crippen LogP contribution < -0.4 is 0 Å². The van der Waals surface area contributed by atoms with Crippen molar-refractivity contribution in [1.82, 2.24) is 4.90 Å². The molecule has 0 aromatic heterocycles. The van der Waals surface area contributed by atoms with E-state index < -0.39 is 39.0 Å². The summed E-state index contributed by atoms with van der Waals surface area (Å²) in [5, 5.41) is 21.7. The Kier molecular flexibility index (Phi) is 4.52. The molecule has 21 heavy (non-hydrogen) atoms. The van der Waals surface area contributed by atoms with Crippen LogP contribution in [0.5, 0.6) is 0 Å². The number of nitrogens with zero attached hydrogens (tertiary/aromatic N) is 3. The van der Waals surface area contributed by atoms with Crippen LogP contribution in [0.25, 0.3) is 0 Å². The molecule has 0 aliphatic rings. The molecule has 0 aliphatic heterocycles. The van der Waals surface area contributed by atoms with E-state index in [1.54, 1.807) is 0 Å². The molecule has 0 radical (unpaired) electrons. The van der Waals surface area contributed by atoms with Gasteiger partial charge in [-0.25, -0.2) is 0 Å². The first kappa shape index (κ1) is 16.8. The second kappa shape index (κ2) is 5.64. The highest BCUT2D eigenvalue weighted by Gasteiger charge is 2.41. The van der Waals surface area contributed by atoms with Gasteiger partial charge in [-0.2, -0.15) is 13.2 Å². The van der Waals surface area contributed by atoms with Gasteiger partial charge in [-0.05, 0) is 27.1 Å². The van der Waals surface area contributed by atoms with E-state index >= 15 is 0 Å². The van der Waals surface area contributed by atoms with E-state index in [1.165, 1.54) is 25.9 Å². The first-order chi connectivity index (χ1) is 9.46. The SMILES string of the molecule is CC(c1cc(C(F)(F)F)c([N+](=O)[O-])cc1[N+](=O)[O-])N(C)C.